The highest BCUT2D eigenvalue weighted by Crippen LogP contribution is 2.25. The summed E-state index contributed by atoms with van der Waals surface area (Å²) in [6, 6.07) is 1.77. The van der Waals surface area contributed by atoms with E-state index in [1.165, 1.54) is 0 Å². The first kappa shape index (κ1) is 14.2. The fourth-order valence-electron chi connectivity index (χ4n) is 2.40. The van der Waals surface area contributed by atoms with Gasteiger partial charge in [-0.15, -0.1) is 0 Å². The molecule has 0 radical (unpaired) electrons. The maximum Gasteiger partial charge on any atom is 0.242 e. The van der Waals surface area contributed by atoms with E-state index in [0.717, 1.165) is 48.5 Å². The van der Waals surface area contributed by atoms with Gasteiger partial charge in [0, 0.05) is 26.1 Å². The number of nitrogens with zero attached hydrogens (tertiary/aromatic N) is 3. The predicted molar refractivity (Wildman–Crippen MR) is 78.2 cm³/mol. The second-order valence-electron chi connectivity index (χ2n) is 4.64. The molecule has 5 nitrogen and oxygen atoms in total. The van der Waals surface area contributed by atoms with Crippen LogP contribution in [0.4, 0.5) is 5.82 Å². The molecule has 0 spiro atoms. The number of carbonyl (C=O) groups excluding carboxylic acids is 1. The van der Waals surface area contributed by atoms with Crippen LogP contribution in [0.15, 0.2) is 10.7 Å². The van der Waals surface area contributed by atoms with Crippen LogP contribution in [0, 0.1) is 0 Å². The number of hydrogen-bond donors (Lipinski definition) is 1. The van der Waals surface area contributed by atoms with Crippen LogP contribution in [0.2, 0.25) is 0 Å². The lowest BCUT2D eigenvalue weighted by Gasteiger charge is -2.35. The SMILES string of the molecule is CCc1nc(Br)cc(N2CCCCC2C(=O)NC)n1. The van der Waals surface area contributed by atoms with E-state index in [2.05, 4.69) is 36.1 Å². The van der Waals surface area contributed by atoms with Crippen molar-refractivity contribution in [2.45, 2.75) is 38.6 Å². The van der Waals surface area contributed by atoms with Gasteiger partial charge in [-0.3, -0.25) is 4.79 Å². The van der Waals surface area contributed by atoms with Crippen molar-refractivity contribution in [3.05, 3.63) is 16.5 Å². The topological polar surface area (TPSA) is 58.1 Å². The van der Waals surface area contributed by atoms with Crippen LogP contribution in [-0.4, -0.2) is 35.5 Å². The molecule has 1 aromatic heterocycles. The molecule has 0 aromatic carbocycles. The van der Waals surface area contributed by atoms with Gasteiger partial charge in [-0.2, -0.15) is 0 Å². The van der Waals surface area contributed by atoms with E-state index in [1.807, 2.05) is 13.0 Å². The molecule has 2 rings (SSSR count). The van der Waals surface area contributed by atoms with Crippen LogP contribution >= 0.6 is 15.9 Å². The van der Waals surface area contributed by atoms with E-state index in [1.54, 1.807) is 7.05 Å². The van der Waals surface area contributed by atoms with E-state index >= 15 is 0 Å². The van der Waals surface area contributed by atoms with E-state index in [-0.39, 0.29) is 11.9 Å². The number of aryl methyl sites for hydroxylation is 1. The van der Waals surface area contributed by atoms with Gasteiger partial charge in [0.05, 0.1) is 0 Å². The third-order valence-corrected chi connectivity index (χ3v) is 3.80. The number of piperidine rings is 1. The number of amides is 1. The number of nitrogens with one attached hydrogen (secondary N) is 1. The Balaban J connectivity index is 2.31. The zero-order chi connectivity index (χ0) is 13.8. The molecular weight excluding hydrogens is 308 g/mol. The van der Waals surface area contributed by atoms with Gasteiger partial charge in [-0.05, 0) is 35.2 Å². The Hall–Kier alpha value is -1.17. The van der Waals surface area contributed by atoms with Crippen molar-refractivity contribution in [2.75, 3.05) is 18.5 Å². The highest BCUT2D eigenvalue weighted by molar-refractivity contribution is 9.10. The van der Waals surface area contributed by atoms with Gasteiger partial charge in [0.1, 0.15) is 22.3 Å². The monoisotopic (exact) mass is 326 g/mol. The number of likely N-dealkylation sites (N-methyl/N-ethyl adjacent to an activating group) is 1. The summed E-state index contributed by atoms with van der Waals surface area (Å²) in [6.07, 6.45) is 3.84. The lowest BCUT2D eigenvalue weighted by molar-refractivity contribution is -0.122. The minimum Gasteiger partial charge on any atom is -0.357 e. The Kier molecular flexibility index (Phi) is 4.74. The lowest BCUT2D eigenvalue weighted by Crippen LogP contribution is -2.49. The highest BCUT2D eigenvalue weighted by atomic mass is 79.9. The molecular formula is C13H19BrN4O. The number of halogens is 1. The summed E-state index contributed by atoms with van der Waals surface area (Å²) in [5, 5.41) is 2.74. The molecule has 19 heavy (non-hydrogen) atoms. The van der Waals surface area contributed by atoms with Crippen LogP contribution in [0.25, 0.3) is 0 Å². The Morgan fingerprint density at radius 1 is 1.53 bits per heavy atom. The van der Waals surface area contributed by atoms with Crippen LogP contribution in [-0.2, 0) is 11.2 Å². The van der Waals surface area contributed by atoms with Crippen LogP contribution < -0.4 is 10.2 Å². The molecule has 6 heteroatoms. The Morgan fingerprint density at radius 3 is 3.00 bits per heavy atom. The molecule has 0 aliphatic carbocycles. The summed E-state index contributed by atoms with van der Waals surface area (Å²) in [7, 11) is 1.68. The summed E-state index contributed by atoms with van der Waals surface area (Å²) < 4.78 is 0.774. The Morgan fingerprint density at radius 2 is 2.32 bits per heavy atom. The van der Waals surface area contributed by atoms with Gasteiger partial charge in [0.2, 0.25) is 5.91 Å². The van der Waals surface area contributed by atoms with E-state index in [9.17, 15) is 4.79 Å². The first-order valence-electron chi connectivity index (χ1n) is 6.67. The normalized spacial score (nSPS) is 19.3. The molecule has 0 saturated carbocycles. The maximum atomic E-state index is 12.0. The van der Waals surface area contributed by atoms with E-state index in [4.69, 9.17) is 0 Å². The molecule has 1 aromatic rings. The van der Waals surface area contributed by atoms with Crippen molar-refractivity contribution in [3.8, 4) is 0 Å². The minimum absolute atomic E-state index is 0.0625. The molecule has 1 unspecified atom stereocenters. The van der Waals surface area contributed by atoms with Crippen molar-refractivity contribution in [2.24, 2.45) is 0 Å². The Labute approximate surface area is 121 Å². The molecule has 1 amide bonds. The zero-order valence-corrected chi connectivity index (χ0v) is 12.9. The van der Waals surface area contributed by atoms with Crippen LogP contribution in [0.1, 0.15) is 32.0 Å². The van der Waals surface area contributed by atoms with E-state index < -0.39 is 0 Å². The number of anilines is 1. The standard InChI is InChI=1S/C13H19BrN4O/c1-3-11-16-10(14)8-12(17-11)18-7-5-4-6-9(18)13(19)15-2/h8-9H,3-7H2,1-2H3,(H,15,19). The highest BCUT2D eigenvalue weighted by Gasteiger charge is 2.29. The third-order valence-electron chi connectivity index (χ3n) is 3.39. The summed E-state index contributed by atoms with van der Waals surface area (Å²) in [4.78, 5) is 22.9. The second-order valence-corrected chi connectivity index (χ2v) is 5.45. The van der Waals surface area contributed by atoms with Crippen molar-refractivity contribution in [1.82, 2.24) is 15.3 Å². The molecule has 1 N–H and O–H groups in total. The number of carbonyl (C=O) groups is 1. The fraction of sp³-hybridized carbons (Fsp3) is 0.615. The molecule has 104 valence electrons. The quantitative estimate of drug-likeness (QED) is 0.862. The van der Waals surface area contributed by atoms with Crippen molar-refractivity contribution >= 4 is 27.7 Å². The summed E-state index contributed by atoms with van der Waals surface area (Å²) in [6.45, 7) is 2.89. The van der Waals surface area contributed by atoms with Gasteiger partial charge < -0.3 is 10.2 Å². The van der Waals surface area contributed by atoms with Crippen molar-refractivity contribution in [3.63, 3.8) is 0 Å². The molecule has 2 heterocycles. The van der Waals surface area contributed by atoms with Gasteiger partial charge in [-0.25, -0.2) is 9.97 Å². The van der Waals surface area contributed by atoms with E-state index in [0.29, 0.717) is 0 Å². The third kappa shape index (κ3) is 3.23. The number of rotatable bonds is 3. The molecule has 1 saturated heterocycles. The van der Waals surface area contributed by atoms with Gasteiger partial charge >= 0.3 is 0 Å². The smallest absolute Gasteiger partial charge is 0.242 e. The van der Waals surface area contributed by atoms with Gasteiger partial charge in [-0.1, -0.05) is 6.92 Å². The zero-order valence-electron chi connectivity index (χ0n) is 11.3. The molecule has 1 aliphatic rings. The number of hydrogen-bond acceptors (Lipinski definition) is 4. The molecule has 1 aliphatic heterocycles. The van der Waals surface area contributed by atoms with Crippen LogP contribution in [0.5, 0.6) is 0 Å². The largest absolute Gasteiger partial charge is 0.357 e. The second kappa shape index (κ2) is 6.32. The van der Waals surface area contributed by atoms with Crippen LogP contribution in [0.3, 0.4) is 0 Å². The molecule has 0 bridgehead atoms. The predicted octanol–water partition coefficient (Wildman–Crippen LogP) is 1.91. The number of aromatic nitrogens is 2. The average Bonchev–Trinajstić information content (AvgIpc) is 2.45. The maximum absolute atomic E-state index is 12.0. The summed E-state index contributed by atoms with van der Waals surface area (Å²) >= 11 is 3.42. The summed E-state index contributed by atoms with van der Waals surface area (Å²) in [5.74, 6) is 1.70. The minimum atomic E-state index is -0.120. The first-order chi connectivity index (χ1) is 9.15. The average molecular weight is 327 g/mol. The lowest BCUT2D eigenvalue weighted by atomic mass is 10.0. The van der Waals surface area contributed by atoms with Gasteiger partial charge in [0.25, 0.3) is 0 Å². The molecule has 1 atom stereocenters. The summed E-state index contributed by atoms with van der Waals surface area (Å²) in [5.41, 5.74) is 0. The fourth-order valence-corrected chi connectivity index (χ4v) is 2.81. The van der Waals surface area contributed by atoms with Crippen molar-refractivity contribution < 1.29 is 4.79 Å². The van der Waals surface area contributed by atoms with Gasteiger partial charge in [0.15, 0.2) is 0 Å². The molecule has 1 fully saturated rings. The Bertz CT molecular complexity index is 466. The first-order valence-corrected chi connectivity index (χ1v) is 7.46. The van der Waals surface area contributed by atoms with Crippen molar-refractivity contribution in [1.29, 1.82) is 0 Å².